The van der Waals surface area contributed by atoms with Crippen molar-refractivity contribution in [3.63, 3.8) is 0 Å². The molecule has 2 aromatic rings. The molecule has 31 heavy (non-hydrogen) atoms. The molecule has 3 aliphatic rings. The van der Waals surface area contributed by atoms with E-state index in [1.54, 1.807) is 13.1 Å². The molecular weight excluding hydrogens is 398 g/mol. The third kappa shape index (κ3) is 2.76. The number of hydrogen-bond donors (Lipinski definition) is 2. The maximum absolute atomic E-state index is 13.6. The average molecular weight is 419 g/mol. The van der Waals surface area contributed by atoms with Crippen LogP contribution in [0.4, 0.5) is 5.69 Å². The summed E-state index contributed by atoms with van der Waals surface area (Å²) in [6.07, 6.45) is 3.70. The van der Waals surface area contributed by atoms with Crippen molar-refractivity contribution in [3.8, 4) is 0 Å². The lowest BCUT2D eigenvalue weighted by atomic mass is 9.83. The first kappa shape index (κ1) is 19.6. The van der Waals surface area contributed by atoms with Gasteiger partial charge in [-0.05, 0) is 36.3 Å². The van der Waals surface area contributed by atoms with Gasteiger partial charge in [0.25, 0.3) is 0 Å². The van der Waals surface area contributed by atoms with Crippen LogP contribution in [0, 0.1) is 17.0 Å². The summed E-state index contributed by atoms with van der Waals surface area (Å²) >= 11 is 0. The van der Waals surface area contributed by atoms with E-state index in [-0.39, 0.29) is 29.8 Å². The third-order valence-electron chi connectivity index (χ3n) is 6.55. The van der Waals surface area contributed by atoms with Crippen LogP contribution in [0.3, 0.4) is 0 Å². The van der Waals surface area contributed by atoms with E-state index in [4.69, 9.17) is 5.21 Å². The Hall–Kier alpha value is -3.33. The van der Waals surface area contributed by atoms with Crippen molar-refractivity contribution in [1.82, 2.24) is 9.80 Å². The minimum atomic E-state index is -1.08. The maximum Gasteiger partial charge on any atom is 0.235 e. The summed E-state index contributed by atoms with van der Waals surface area (Å²) in [5.41, 5.74) is 2.29. The second-order valence-electron chi connectivity index (χ2n) is 8.00. The topological polar surface area (TPSA) is 105 Å². The Kier molecular flexibility index (Phi) is 4.51. The second-order valence-corrected chi connectivity index (χ2v) is 8.00. The van der Waals surface area contributed by atoms with Gasteiger partial charge in [0.1, 0.15) is 6.04 Å². The van der Waals surface area contributed by atoms with Gasteiger partial charge < -0.3 is 10.1 Å². The van der Waals surface area contributed by atoms with Crippen LogP contribution in [-0.4, -0.2) is 45.2 Å². The first-order valence-corrected chi connectivity index (χ1v) is 10.2. The van der Waals surface area contributed by atoms with E-state index in [0.717, 1.165) is 11.1 Å². The van der Waals surface area contributed by atoms with Gasteiger partial charge in [-0.1, -0.05) is 24.3 Å². The molecule has 2 aromatic carbocycles. The lowest BCUT2D eigenvalue weighted by molar-refractivity contribution is -0.991. The van der Waals surface area contributed by atoms with E-state index in [1.165, 1.54) is 29.2 Å². The molecular formula is C23H21N3O5. The molecule has 0 radical (unpaired) electrons. The number of fused-ring (bicyclic) bond motifs is 5. The van der Waals surface area contributed by atoms with E-state index in [9.17, 15) is 19.6 Å². The van der Waals surface area contributed by atoms with Crippen LogP contribution in [0.15, 0.2) is 54.7 Å². The molecule has 0 spiro atoms. The number of ketones is 1. The second kappa shape index (κ2) is 7.12. The van der Waals surface area contributed by atoms with Gasteiger partial charge in [0.05, 0.1) is 17.9 Å². The van der Waals surface area contributed by atoms with E-state index in [0.29, 0.717) is 5.56 Å². The van der Waals surface area contributed by atoms with Gasteiger partial charge in [-0.25, -0.2) is 5.21 Å². The normalized spacial score (nSPS) is 27.2. The monoisotopic (exact) mass is 419 g/mol. The van der Waals surface area contributed by atoms with Gasteiger partial charge in [-0.3, -0.25) is 19.3 Å². The summed E-state index contributed by atoms with van der Waals surface area (Å²) in [5, 5.41) is 19.2. The smallest absolute Gasteiger partial charge is 0.235 e. The quantitative estimate of drug-likeness (QED) is 0.440. The fraction of sp³-hybridized carbons (Fsp3) is 0.261. The standard InChI is InChI=1S/C23H21N3O5/c1-2-24-22(28)17-18(23(24)29)20(21(27)14-7-9-15(10-8-14)26(30)31)25-12-11-13-5-3-4-6-16(13)19(17)25/h3-12,17-20,26,30H,2H2,1H3/t17-,18+,19?,20?/m1/s1. The van der Waals surface area contributed by atoms with Crippen molar-refractivity contribution in [1.29, 1.82) is 0 Å². The zero-order valence-corrected chi connectivity index (χ0v) is 16.8. The minimum Gasteiger partial charge on any atom is -0.595 e. The number of hydrogen-bond acceptors (Lipinski definition) is 6. The molecule has 3 unspecified atom stereocenters. The van der Waals surface area contributed by atoms with Gasteiger partial charge in [0, 0.05) is 30.4 Å². The first-order chi connectivity index (χ1) is 14.9. The fourth-order valence-corrected chi connectivity index (χ4v) is 5.18. The van der Waals surface area contributed by atoms with Gasteiger partial charge in [-0.15, -0.1) is 0 Å². The Morgan fingerprint density at radius 3 is 2.42 bits per heavy atom. The number of carbonyl (C=O) groups is 3. The summed E-state index contributed by atoms with van der Waals surface area (Å²) in [5.74, 6) is -2.27. The molecule has 0 aromatic heterocycles. The molecule has 5 atom stereocenters. The number of imide groups is 1. The molecule has 2 fully saturated rings. The highest BCUT2D eigenvalue weighted by atomic mass is 16.8. The van der Waals surface area contributed by atoms with Crippen LogP contribution >= 0.6 is 0 Å². The highest BCUT2D eigenvalue weighted by Crippen LogP contribution is 2.52. The molecule has 3 heterocycles. The van der Waals surface area contributed by atoms with Crippen LogP contribution in [0.2, 0.25) is 0 Å². The summed E-state index contributed by atoms with van der Waals surface area (Å²) in [7, 11) is 0. The predicted molar refractivity (Wildman–Crippen MR) is 110 cm³/mol. The van der Waals surface area contributed by atoms with E-state index >= 15 is 0 Å². The van der Waals surface area contributed by atoms with Crippen LogP contribution in [0.1, 0.15) is 34.5 Å². The first-order valence-electron chi connectivity index (χ1n) is 10.2. The molecule has 2 amide bonds. The largest absolute Gasteiger partial charge is 0.595 e. The molecule has 3 aliphatic heterocycles. The molecule has 2 N–H and O–H groups in total. The molecule has 0 aliphatic carbocycles. The van der Waals surface area contributed by atoms with Crippen LogP contribution in [0.5, 0.6) is 0 Å². The Balaban J connectivity index is 1.61. The fourth-order valence-electron chi connectivity index (χ4n) is 5.18. The van der Waals surface area contributed by atoms with Crippen LogP contribution in [-0.2, 0) is 9.59 Å². The number of nitrogens with zero attached hydrogens (tertiary/aromatic N) is 2. The molecule has 0 bridgehead atoms. The zero-order valence-electron chi connectivity index (χ0n) is 16.8. The maximum atomic E-state index is 13.6. The Bertz CT molecular complexity index is 1110. The number of benzene rings is 2. The lowest BCUT2D eigenvalue weighted by Crippen LogP contribution is -2.99. The van der Waals surface area contributed by atoms with Gasteiger partial charge in [0.15, 0.2) is 11.5 Å². The number of quaternary nitrogens is 1. The summed E-state index contributed by atoms with van der Waals surface area (Å²) in [4.78, 5) is 43.1. The van der Waals surface area contributed by atoms with Crippen molar-refractivity contribution in [2.24, 2.45) is 11.8 Å². The summed E-state index contributed by atoms with van der Waals surface area (Å²) in [6, 6.07) is 12.2. The molecule has 2 saturated heterocycles. The number of rotatable bonds is 4. The average Bonchev–Trinajstić information content (AvgIpc) is 3.25. The number of likely N-dealkylation sites (tertiary alicyclic amines) is 1. The highest BCUT2D eigenvalue weighted by molar-refractivity contribution is 6.12. The number of nitrogens with one attached hydrogen (secondary N) is 1. The SMILES string of the molecule is CCN1C(=O)[C@@H]2C(C(=O)c3ccc([NH+]([O-])O)cc3)N3C=Cc4ccccc4C3[C@@H]2C1=O. The number of carbonyl (C=O) groups excluding carboxylic acids is 3. The molecule has 8 heteroatoms. The third-order valence-corrected chi connectivity index (χ3v) is 6.55. The van der Waals surface area contributed by atoms with Crippen molar-refractivity contribution >= 4 is 29.4 Å². The van der Waals surface area contributed by atoms with Crippen LogP contribution in [0.25, 0.3) is 6.08 Å². The predicted octanol–water partition coefficient (Wildman–Crippen LogP) is 1.30. The minimum absolute atomic E-state index is 0.0785. The summed E-state index contributed by atoms with van der Waals surface area (Å²) < 4.78 is 0. The van der Waals surface area contributed by atoms with Gasteiger partial charge >= 0.3 is 0 Å². The molecule has 158 valence electrons. The molecule has 5 rings (SSSR count). The lowest BCUT2D eigenvalue weighted by Gasteiger charge is -2.35. The number of amides is 2. The number of Topliss-reactive ketones (excluding diaryl/α,β-unsaturated/α-hetero) is 1. The van der Waals surface area contributed by atoms with Crippen molar-refractivity contribution in [3.05, 3.63) is 76.6 Å². The summed E-state index contributed by atoms with van der Waals surface area (Å²) in [6.45, 7) is 2.02. The van der Waals surface area contributed by atoms with E-state index in [2.05, 4.69) is 0 Å². The van der Waals surface area contributed by atoms with Crippen molar-refractivity contribution in [2.45, 2.75) is 19.0 Å². The molecule has 8 nitrogen and oxygen atoms in total. The Morgan fingerprint density at radius 2 is 1.74 bits per heavy atom. The van der Waals surface area contributed by atoms with Crippen molar-refractivity contribution < 1.29 is 24.8 Å². The highest BCUT2D eigenvalue weighted by Gasteiger charge is 2.63. The van der Waals surface area contributed by atoms with Crippen molar-refractivity contribution in [2.75, 3.05) is 6.54 Å². The zero-order chi connectivity index (χ0) is 21.9. The van der Waals surface area contributed by atoms with Gasteiger partial charge in [-0.2, -0.15) is 5.23 Å². The Labute approximate surface area is 178 Å². The molecule has 0 saturated carbocycles. The van der Waals surface area contributed by atoms with Crippen LogP contribution < -0.4 is 5.23 Å². The van der Waals surface area contributed by atoms with Gasteiger partial charge in [0.2, 0.25) is 11.8 Å². The Morgan fingerprint density at radius 1 is 1.06 bits per heavy atom. The van der Waals surface area contributed by atoms with E-state index < -0.39 is 29.1 Å². The van der Waals surface area contributed by atoms with E-state index in [1.807, 2.05) is 35.2 Å².